The Bertz CT molecular complexity index is 571. The molecule has 4 nitrogen and oxygen atoms in total. The van der Waals surface area contributed by atoms with Gasteiger partial charge in [0, 0.05) is 26.0 Å². The third-order valence-corrected chi connectivity index (χ3v) is 4.80. The third kappa shape index (κ3) is 6.42. The maximum atomic E-state index is 13.3. The summed E-state index contributed by atoms with van der Waals surface area (Å²) in [6, 6.07) is 6.55. The van der Waals surface area contributed by atoms with Crippen LogP contribution in [0.4, 0.5) is 4.39 Å². The van der Waals surface area contributed by atoms with E-state index in [2.05, 4.69) is 4.90 Å². The molecule has 1 aliphatic rings. The molecule has 1 heterocycles. The SMILES string of the molecule is CS(=O)(=O)CCCN(Cc1cccc(F)c1)CC1CCCO1. The summed E-state index contributed by atoms with van der Waals surface area (Å²) >= 11 is 0. The summed E-state index contributed by atoms with van der Waals surface area (Å²) in [6.07, 6.45) is 4.14. The first-order chi connectivity index (χ1) is 10.4. The molecule has 0 N–H and O–H groups in total. The van der Waals surface area contributed by atoms with Crippen LogP contribution in [0.5, 0.6) is 0 Å². The fourth-order valence-electron chi connectivity index (χ4n) is 2.76. The zero-order valence-corrected chi connectivity index (χ0v) is 13.8. The minimum absolute atomic E-state index is 0.179. The van der Waals surface area contributed by atoms with Gasteiger partial charge in [-0.3, -0.25) is 4.90 Å². The molecular formula is C16H24FNO3S. The largest absolute Gasteiger partial charge is 0.377 e. The van der Waals surface area contributed by atoms with Crippen molar-refractivity contribution in [3.05, 3.63) is 35.6 Å². The molecule has 2 rings (SSSR count). The van der Waals surface area contributed by atoms with Crippen LogP contribution in [-0.4, -0.2) is 51.1 Å². The minimum atomic E-state index is -2.94. The maximum absolute atomic E-state index is 13.3. The van der Waals surface area contributed by atoms with Crippen molar-refractivity contribution in [1.82, 2.24) is 4.90 Å². The lowest BCUT2D eigenvalue weighted by Crippen LogP contribution is -2.33. The molecule has 0 amide bonds. The van der Waals surface area contributed by atoms with Crippen molar-refractivity contribution in [2.24, 2.45) is 0 Å². The highest BCUT2D eigenvalue weighted by Gasteiger charge is 2.19. The number of ether oxygens (including phenoxy) is 1. The third-order valence-electron chi connectivity index (χ3n) is 3.77. The Balaban J connectivity index is 1.93. The summed E-state index contributed by atoms with van der Waals surface area (Å²) in [6.45, 7) is 2.84. The second kappa shape index (κ2) is 8.04. The standard InChI is InChI=1S/C16H24FNO3S/c1-22(19,20)10-4-8-18(13-16-7-3-9-21-16)12-14-5-2-6-15(17)11-14/h2,5-6,11,16H,3-4,7-10,12-13H2,1H3. The number of sulfone groups is 1. The van der Waals surface area contributed by atoms with Gasteiger partial charge < -0.3 is 4.74 Å². The molecule has 0 saturated carbocycles. The van der Waals surface area contributed by atoms with Gasteiger partial charge >= 0.3 is 0 Å². The van der Waals surface area contributed by atoms with Gasteiger partial charge in [-0.15, -0.1) is 0 Å². The second-order valence-electron chi connectivity index (χ2n) is 5.98. The van der Waals surface area contributed by atoms with Crippen molar-refractivity contribution in [1.29, 1.82) is 0 Å². The van der Waals surface area contributed by atoms with Gasteiger partial charge in [-0.25, -0.2) is 12.8 Å². The molecule has 0 radical (unpaired) electrons. The normalized spacial score (nSPS) is 19.0. The average Bonchev–Trinajstić information content (AvgIpc) is 2.90. The number of benzene rings is 1. The minimum Gasteiger partial charge on any atom is -0.377 e. The lowest BCUT2D eigenvalue weighted by Gasteiger charge is -2.25. The van der Waals surface area contributed by atoms with Crippen LogP contribution < -0.4 is 0 Å². The molecule has 1 atom stereocenters. The lowest BCUT2D eigenvalue weighted by atomic mass is 10.1. The maximum Gasteiger partial charge on any atom is 0.147 e. The van der Waals surface area contributed by atoms with Gasteiger partial charge in [0.05, 0.1) is 11.9 Å². The number of halogens is 1. The fraction of sp³-hybridized carbons (Fsp3) is 0.625. The highest BCUT2D eigenvalue weighted by Crippen LogP contribution is 2.16. The van der Waals surface area contributed by atoms with E-state index < -0.39 is 9.84 Å². The van der Waals surface area contributed by atoms with E-state index >= 15 is 0 Å². The van der Waals surface area contributed by atoms with Gasteiger partial charge in [0.1, 0.15) is 15.7 Å². The molecule has 1 aromatic rings. The highest BCUT2D eigenvalue weighted by molar-refractivity contribution is 7.90. The summed E-state index contributed by atoms with van der Waals surface area (Å²) in [5.74, 6) is -0.0660. The molecule has 1 aromatic carbocycles. The molecule has 1 saturated heterocycles. The van der Waals surface area contributed by atoms with E-state index in [9.17, 15) is 12.8 Å². The molecule has 22 heavy (non-hydrogen) atoms. The highest BCUT2D eigenvalue weighted by atomic mass is 32.2. The van der Waals surface area contributed by atoms with Crippen LogP contribution in [0.25, 0.3) is 0 Å². The number of hydrogen-bond donors (Lipinski definition) is 0. The van der Waals surface area contributed by atoms with Crippen molar-refractivity contribution in [3.8, 4) is 0 Å². The van der Waals surface area contributed by atoms with Gasteiger partial charge in [0.2, 0.25) is 0 Å². The van der Waals surface area contributed by atoms with Crippen molar-refractivity contribution in [3.63, 3.8) is 0 Å². The Hall–Kier alpha value is -0.980. The Labute approximate surface area is 132 Å². The molecule has 0 spiro atoms. The Morgan fingerprint density at radius 3 is 2.86 bits per heavy atom. The first kappa shape index (κ1) is 17.4. The van der Waals surface area contributed by atoms with Crippen LogP contribution in [-0.2, 0) is 21.1 Å². The average molecular weight is 329 g/mol. The first-order valence-corrected chi connectivity index (χ1v) is 9.74. The molecule has 6 heteroatoms. The molecule has 1 aliphatic heterocycles. The summed E-state index contributed by atoms with van der Waals surface area (Å²) in [4.78, 5) is 2.16. The van der Waals surface area contributed by atoms with E-state index in [0.29, 0.717) is 19.5 Å². The number of hydrogen-bond acceptors (Lipinski definition) is 4. The van der Waals surface area contributed by atoms with Crippen LogP contribution >= 0.6 is 0 Å². The predicted molar refractivity (Wildman–Crippen MR) is 85.0 cm³/mol. The topological polar surface area (TPSA) is 46.6 Å². The van der Waals surface area contributed by atoms with Crippen molar-refractivity contribution < 1.29 is 17.5 Å². The Morgan fingerprint density at radius 1 is 1.41 bits per heavy atom. The van der Waals surface area contributed by atoms with Gasteiger partial charge in [0.15, 0.2) is 0 Å². The van der Waals surface area contributed by atoms with Gasteiger partial charge in [-0.1, -0.05) is 12.1 Å². The van der Waals surface area contributed by atoms with Gasteiger partial charge in [-0.2, -0.15) is 0 Å². The molecule has 0 aromatic heterocycles. The number of rotatable bonds is 8. The summed E-state index contributed by atoms with van der Waals surface area (Å²) < 4.78 is 41.5. The van der Waals surface area contributed by atoms with Crippen molar-refractivity contribution >= 4 is 9.84 Å². The van der Waals surface area contributed by atoms with Crippen LogP contribution in [0.15, 0.2) is 24.3 Å². The Kier molecular flexibility index (Phi) is 6.35. The predicted octanol–water partition coefficient (Wildman–Crippen LogP) is 2.24. The smallest absolute Gasteiger partial charge is 0.147 e. The molecule has 1 unspecified atom stereocenters. The molecule has 124 valence electrons. The van der Waals surface area contributed by atoms with E-state index in [-0.39, 0.29) is 17.7 Å². The van der Waals surface area contributed by atoms with E-state index in [4.69, 9.17) is 4.74 Å². The molecule has 0 bridgehead atoms. The van der Waals surface area contributed by atoms with E-state index in [1.807, 2.05) is 6.07 Å². The lowest BCUT2D eigenvalue weighted by molar-refractivity contribution is 0.0706. The van der Waals surface area contributed by atoms with Crippen LogP contribution in [0.1, 0.15) is 24.8 Å². The van der Waals surface area contributed by atoms with Crippen molar-refractivity contribution in [2.75, 3.05) is 31.7 Å². The van der Waals surface area contributed by atoms with Crippen LogP contribution in [0.2, 0.25) is 0 Å². The summed E-state index contributed by atoms with van der Waals surface area (Å²) in [5, 5.41) is 0. The van der Waals surface area contributed by atoms with E-state index in [0.717, 1.165) is 31.6 Å². The second-order valence-corrected chi connectivity index (χ2v) is 8.24. The zero-order valence-electron chi connectivity index (χ0n) is 13.0. The zero-order chi connectivity index (χ0) is 16.0. The monoisotopic (exact) mass is 329 g/mol. The number of nitrogens with zero attached hydrogens (tertiary/aromatic N) is 1. The Morgan fingerprint density at radius 2 is 2.23 bits per heavy atom. The molecule has 0 aliphatic carbocycles. The molecule has 1 fully saturated rings. The fourth-order valence-corrected chi connectivity index (χ4v) is 3.41. The van der Waals surface area contributed by atoms with Gasteiger partial charge in [-0.05, 0) is 43.5 Å². The molecular weight excluding hydrogens is 305 g/mol. The first-order valence-electron chi connectivity index (χ1n) is 7.68. The van der Waals surface area contributed by atoms with Crippen LogP contribution in [0, 0.1) is 5.82 Å². The summed E-state index contributed by atoms with van der Waals surface area (Å²) in [5.41, 5.74) is 0.900. The van der Waals surface area contributed by atoms with Crippen LogP contribution in [0.3, 0.4) is 0 Å². The quantitative estimate of drug-likeness (QED) is 0.734. The van der Waals surface area contributed by atoms with E-state index in [1.54, 1.807) is 6.07 Å². The van der Waals surface area contributed by atoms with Gasteiger partial charge in [0.25, 0.3) is 0 Å². The summed E-state index contributed by atoms with van der Waals surface area (Å²) in [7, 11) is -2.94. The van der Waals surface area contributed by atoms with Crippen molar-refractivity contribution in [2.45, 2.75) is 31.9 Å². The van der Waals surface area contributed by atoms with E-state index in [1.165, 1.54) is 18.4 Å².